The highest BCUT2D eigenvalue weighted by Crippen LogP contribution is 2.32. The second-order valence-corrected chi connectivity index (χ2v) is 8.72. The Bertz CT molecular complexity index is 1010. The first-order chi connectivity index (χ1) is 14.0. The maximum atomic E-state index is 14.0. The van der Waals surface area contributed by atoms with E-state index in [1.54, 1.807) is 21.9 Å². The Hall–Kier alpha value is -2.36. The van der Waals surface area contributed by atoms with E-state index in [0.717, 1.165) is 5.01 Å². The minimum atomic E-state index is -0.611. The van der Waals surface area contributed by atoms with Crippen LogP contribution in [0.1, 0.15) is 44.6 Å². The summed E-state index contributed by atoms with van der Waals surface area (Å²) < 4.78 is 14.0. The average molecular weight is 451 g/mol. The molecule has 3 aromatic rings. The van der Waals surface area contributed by atoms with Crippen molar-refractivity contribution in [2.24, 2.45) is 0 Å². The lowest BCUT2D eigenvalue weighted by atomic mass is 9.97. The summed E-state index contributed by atoms with van der Waals surface area (Å²) in [6.45, 7) is 0.961. The van der Waals surface area contributed by atoms with Crippen molar-refractivity contribution in [1.29, 1.82) is 0 Å². The van der Waals surface area contributed by atoms with Gasteiger partial charge in [-0.3, -0.25) is 14.9 Å². The van der Waals surface area contributed by atoms with Crippen molar-refractivity contribution >= 4 is 51.2 Å². The van der Waals surface area contributed by atoms with Crippen LogP contribution >= 0.6 is 34.3 Å². The van der Waals surface area contributed by atoms with E-state index in [9.17, 15) is 14.0 Å². The van der Waals surface area contributed by atoms with E-state index in [-0.39, 0.29) is 22.4 Å². The molecule has 10 heteroatoms. The van der Waals surface area contributed by atoms with Gasteiger partial charge < -0.3 is 4.90 Å². The zero-order chi connectivity index (χ0) is 20.4. The molecule has 0 aliphatic carbocycles. The Kier molecular flexibility index (Phi) is 5.89. The number of carbonyl (C=O) groups is 2. The van der Waals surface area contributed by atoms with Gasteiger partial charge in [-0.15, -0.1) is 22.7 Å². The van der Waals surface area contributed by atoms with Crippen molar-refractivity contribution in [3.8, 4) is 0 Å². The molecule has 2 aromatic heterocycles. The first kappa shape index (κ1) is 19.9. The van der Waals surface area contributed by atoms with Crippen molar-refractivity contribution in [2.75, 3.05) is 18.4 Å². The Morgan fingerprint density at radius 1 is 1.24 bits per heavy atom. The van der Waals surface area contributed by atoms with Crippen molar-refractivity contribution in [3.05, 3.63) is 62.3 Å². The summed E-state index contributed by atoms with van der Waals surface area (Å²) in [7, 11) is 0. The van der Waals surface area contributed by atoms with Gasteiger partial charge in [-0.05, 0) is 25.0 Å². The number of piperidine rings is 1. The second kappa shape index (κ2) is 8.56. The quantitative estimate of drug-likeness (QED) is 0.627. The first-order valence-electron chi connectivity index (χ1n) is 8.92. The van der Waals surface area contributed by atoms with E-state index >= 15 is 0 Å². The van der Waals surface area contributed by atoms with Crippen LogP contribution in [0.5, 0.6) is 0 Å². The minimum absolute atomic E-state index is 0.0805. The summed E-state index contributed by atoms with van der Waals surface area (Å²) in [5, 5.41) is 7.75. The Morgan fingerprint density at radius 2 is 2.03 bits per heavy atom. The van der Waals surface area contributed by atoms with Crippen LogP contribution in [0, 0.1) is 5.82 Å². The van der Waals surface area contributed by atoms with Gasteiger partial charge in [0, 0.05) is 36.0 Å². The number of nitrogens with one attached hydrogen (secondary N) is 1. The van der Waals surface area contributed by atoms with Crippen molar-refractivity contribution in [3.63, 3.8) is 0 Å². The van der Waals surface area contributed by atoms with Crippen molar-refractivity contribution in [1.82, 2.24) is 14.9 Å². The van der Waals surface area contributed by atoms with Crippen LogP contribution in [-0.4, -0.2) is 39.8 Å². The molecule has 6 nitrogen and oxygen atoms in total. The molecule has 1 aliphatic rings. The average Bonchev–Trinajstić information content (AvgIpc) is 3.40. The molecular weight excluding hydrogens is 435 g/mol. The molecule has 2 amide bonds. The van der Waals surface area contributed by atoms with Crippen LogP contribution in [-0.2, 0) is 0 Å². The van der Waals surface area contributed by atoms with E-state index in [0.29, 0.717) is 36.8 Å². The van der Waals surface area contributed by atoms with E-state index < -0.39 is 11.7 Å². The summed E-state index contributed by atoms with van der Waals surface area (Å²) in [6.07, 6.45) is 3.01. The van der Waals surface area contributed by atoms with Crippen molar-refractivity contribution in [2.45, 2.75) is 18.8 Å². The molecule has 150 valence electrons. The Labute approximate surface area is 179 Å². The summed E-state index contributed by atoms with van der Waals surface area (Å²) in [5.41, 5.74) is 0.278. The monoisotopic (exact) mass is 450 g/mol. The summed E-state index contributed by atoms with van der Waals surface area (Å²) in [5.74, 6) is -1.14. The fourth-order valence-electron chi connectivity index (χ4n) is 3.22. The molecular formula is C19H16ClFN4O2S2. The third-order valence-electron chi connectivity index (χ3n) is 4.72. The number of thiazole rings is 2. The third kappa shape index (κ3) is 4.31. The first-order valence-corrected chi connectivity index (χ1v) is 11.1. The fourth-order valence-corrected chi connectivity index (χ4v) is 4.95. The molecule has 0 radical (unpaired) electrons. The Morgan fingerprint density at radius 3 is 2.72 bits per heavy atom. The van der Waals surface area contributed by atoms with Crippen LogP contribution in [0.4, 0.5) is 9.52 Å². The number of anilines is 1. The van der Waals surface area contributed by atoms with Crippen LogP contribution in [0.3, 0.4) is 0 Å². The van der Waals surface area contributed by atoms with Crippen LogP contribution in [0.15, 0.2) is 35.2 Å². The molecule has 0 unspecified atom stereocenters. The molecule has 1 aromatic carbocycles. The number of aromatic nitrogens is 2. The molecule has 0 spiro atoms. The highest BCUT2D eigenvalue weighted by molar-refractivity contribution is 7.13. The zero-order valence-corrected chi connectivity index (χ0v) is 17.5. The molecule has 0 atom stereocenters. The smallest absolute Gasteiger partial charge is 0.276 e. The summed E-state index contributed by atoms with van der Waals surface area (Å²) >= 11 is 8.79. The minimum Gasteiger partial charge on any atom is -0.338 e. The fraction of sp³-hybridized carbons (Fsp3) is 0.263. The number of benzene rings is 1. The van der Waals surface area contributed by atoms with Crippen LogP contribution in [0.2, 0.25) is 5.02 Å². The molecule has 1 aliphatic heterocycles. The van der Waals surface area contributed by atoms with Gasteiger partial charge in [0.2, 0.25) is 0 Å². The highest BCUT2D eigenvalue weighted by atomic mass is 35.5. The van der Waals surface area contributed by atoms with Gasteiger partial charge in [-0.25, -0.2) is 14.4 Å². The molecule has 3 heterocycles. The predicted molar refractivity (Wildman–Crippen MR) is 111 cm³/mol. The number of carbonyl (C=O) groups excluding carboxylic acids is 2. The molecule has 4 rings (SSSR count). The lowest BCUT2D eigenvalue weighted by molar-refractivity contribution is 0.0708. The molecule has 1 saturated heterocycles. The van der Waals surface area contributed by atoms with Crippen LogP contribution < -0.4 is 5.32 Å². The summed E-state index contributed by atoms with van der Waals surface area (Å²) in [6, 6.07) is 4.23. The molecule has 0 bridgehead atoms. The van der Waals surface area contributed by atoms with Gasteiger partial charge in [0.05, 0.1) is 15.6 Å². The van der Waals surface area contributed by atoms with Gasteiger partial charge in [-0.1, -0.05) is 17.7 Å². The lowest BCUT2D eigenvalue weighted by Gasteiger charge is -2.31. The van der Waals surface area contributed by atoms with Crippen LogP contribution in [0.25, 0.3) is 0 Å². The predicted octanol–water partition coefficient (Wildman–Crippen LogP) is 4.66. The van der Waals surface area contributed by atoms with E-state index in [4.69, 9.17) is 11.6 Å². The topological polar surface area (TPSA) is 75.2 Å². The number of rotatable bonds is 4. The van der Waals surface area contributed by atoms with Crippen molar-refractivity contribution < 1.29 is 14.0 Å². The number of likely N-dealkylation sites (tertiary alicyclic amines) is 1. The number of hydrogen-bond acceptors (Lipinski definition) is 6. The SMILES string of the molecule is O=C(Nc1nccs1)c1csc(C2CCN(C(=O)c3c(F)cccc3Cl)CC2)n1. The number of amides is 2. The van der Waals surface area contributed by atoms with E-state index in [1.165, 1.54) is 40.9 Å². The second-order valence-electron chi connectivity index (χ2n) is 6.53. The van der Waals surface area contributed by atoms with Gasteiger partial charge in [0.25, 0.3) is 11.8 Å². The number of nitrogens with zero attached hydrogens (tertiary/aromatic N) is 3. The van der Waals surface area contributed by atoms with E-state index in [2.05, 4.69) is 15.3 Å². The maximum absolute atomic E-state index is 14.0. The third-order valence-corrected chi connectivity index (χ3v) is 6.73. The zero-order valence-electron chi connectivity index (χ0n) is 15.1. The molecule has 1 fully saturated rings. The van der Waals surface area contributed by atoms with E-state index in [1.807, 2.05) is 0 Å². The largest absolute Gasteiger partial charge is 0.338 e. The molecule has 1 N–H and O–H groups in total. The van der Waals surface area contributed by atoms with Gasteiger partial charge in [0.15, 0.2) is 5.13 Å². The number of halogens is 2. The highest BCUT2D eigenvalue weighted by Gasteiger charge is 2.29. The van der Waals surface area contributed by atoms with Gasteiger partial charge >= 0.3 is 0 Å². The van der Waals surface area contributed by atoms with Gasteiger partial charge in [0.1, 0.15) is 11.5 Å². The lowest BCUT2D eigenvalue weighted by Crippen LogP contribution is -2.38. The standard InChI is InChI=1S/C19H16ClFN4O2S2/c20-12-2-1-3-13(21)15(12)18(27)25-7-4-11(5-8-25)17-23-14(10-29-17)16(26)24-19-22-6-9-28-19/h1-3,6,9-11H,4-5,7-8H2,(H,22,24,26). The normalized spacial score (nSPS) is 14.8. The summed E-state index contributed by atoms with van der Waals surface area (Å²) in [4.78, 5) is 35.0. The number of hydrogen-bond donors (Lipinski definition) is 1. The van der Waals surface area contributed by atoms with Gasteiger partial charge in [-0.2, -0.15) is 0 Å². The molecule has 29 heavy (non-hydrogen) atoms. The maximum Gasteiger partial charge on any atom is 0.276 e. The Balaban J connectivity index is 1.38. The molecule has 0 saturated carbocycles.